The lowest BCUT2D eigenvalue weighted by molar-refractivity contribution is -0.137. The van der Waals surface area contributed by atoms with Gasteiger partial charge in [-0.15, -0.1) is 0 Å². The number of sulfone groups is 1. The van der Waals surface area contributed by atoms with Gasteiger partial charge in [-0.3, -0.25) is 0 Å². The minimum absolute atomic E-state index is 0.0258. The summed E-state index contributed by atoms with van der Waals surface area (Å²) >= 11 is 0. The van der Waals surface area contributed by atoms with Crippen molar-refractivity contribution >= 4 is 26.7 Å². The highest BCUT2D eigenvalue weighted by Gasteiger charge is 2.31. The SMILES string of the molecule is CCOC(=O)c1c(C)c(-c2cccc(C(F)(F)F)c2)nc2cc(O)c(S(C)(=O)=O)cc12. The molecule has 0 spiro atoms. The molecule has 0 aliphatic rings. The molecule has 0 fully saturated rings. The van der Waals surface area contributed by atoms with E-state index in [-0.39, 0.29) is 39.9 Å². The first kappa shape index (κ1) is 22.5. The first-order valence-corrected chi connectivity index (χ1v) is 11.0. The summed E-state index contributed by atoms with van der Waals surface area (Å²) in [7, 11) is -3.83. The smallest absolute Gasteiger partial charge is 0.416 e. The number of aromatic nitrogens is 1. The number of hydrogen-bond donors (Lipinski definition) is 1. The molecule has 0 atom stereocenters. The van der Waals surface area contributed by atoms with Crippen LogP contribution in [0.25, 0.3) is 22.2 Å². The van der Waals surface area contributed by atoms with Crippen LogP contribution >= 0.6 is 0 Å². The Balaban J connectivity index is 2.40. The number of alkyl halides is 3. The second kappa shape index (κ2) is 7.84. The number of esters is 1. The third kappa shape index (κ3) is 4.34. The van der Waals surface area contributed by atoms with Gasteiger partial charge in [-0.2, -0.15) is 13.2 Å². The number of fused-ring (bicyclic) bond motifs is 1. The molecule has 0 aliphatic carbocycles. The Bertz CT molecular complexity index is 1300. The number of carbonyl (C=O) groups is 1. The minimum atomic E-state index is -4.58. The monoisotopic (exact) mass is 453 g/mol. The first-order valence-electron chi connectivity index (χ1n) is 9.06. The maximum atomic E-state index is 13.2. The van der Waals surface area contributed by atoms with Crippen LogP contribution in [0.5, 0.6) is 5.75 Å². The van der Waals surface area contributed by atoms with E-state index in [4.69, 9.17) is 4.74 Å². The van der Waals surface area contributed by atoms with Gasteiger partial charge < -0.3 is 9.84 Å². The first-order chi connectivity index (χ1) is 14.3. The third-order valence-corrected chi connectivity index (χ3v) is 5.78. The van der Waals surface area contributed by atoms with Gasteiger partial charge in [0.1, 0.15) is 10.6 Å². The molecule has 10 heteroatoms. The Labute approximate surface area is 176 Å². The lowest BCUT2D eigenvalue weighted by atomic mass is 9.96. The Kier molecular flexibility index (Phi) is 5.70. The van der Waals surface area contributed by atoms with Gasteiger partial charge in [-0.25, -0.2) is 18.2 Å². The number of phenols is 1. The summed E-state index contributed by atoms with van der Waals surface area (Å²) in [5.74, 6) is -1.37. The molecule has 6 nitrogen and oxygen atoms in total. The number of aromatic hydroxyl groups is 1. The minimum Gasteiger partial charge on any atom is -0.507 e. The maximum Gasteiger partial charge on any atom is 0.416 e. The lowest BCUT2D eigenvalue weighted by Crippen LogP contribution is -2.11. The molecule has 0 radical (unpaired) electrons. The number of carbonyl (C=O) groups excluding carboxylic acids is 1. The standard InChI is InChI=1S/C21H18F3NO5S/c1-4-30-20(27)18-11(2)19(12-6-5-7-13(8-12)21(22,23)24)25-15-10-16(26)17(9-14(15)18)31(3,28)29/h5-10,26H,4H2,1-3H3. The number of nitrogens with zero attached hydrogens (tertiary/aromatic N) is 1. The Morgan fingerprint density at radius 1 is 1.19 bits per heavy atom. The second-order valence-corrected chi connectivity index (χ2v) is 8.85. The van der Waals surface area contributed by atoms with E-state index in [1.807, 2.05) is 0 Å². The van der Waals surface area contributed by atoms with Crippen LogP contribution in [-0.2, 0) is 20.8 Å². The average molecular weight is 453 g/mol. The molecule has 1 heterocycles. The van der Waals surface area contributed by atoms with Gasteiger partial charge in [0.25, 0.3) is 0 Å². The molecule has 1 N–H and O–H groups in total. The maximum absolute atomic E-state index is 13.2. The van der Waals surface area contributed by atoms with Crippen LogP contribution in [0.2, 0.25) is 0 Å². The Morgan fingerprint density at radius 2 is 1.87 bits per heavy atom. The summed E-state index contributed by atoms with van der Waals surface area (Å²) in [6.07, 6.45) is -3.68. The van der Waals surface area contributed by atoms with Crippen molar-refractivity contribution in [2.24, 2.45) is 0 Å². The van der Waals surface area contributed by atoms with Gasteiger partial charge in [0.05, 0.1) is 28.9 Å². The molecule has 3 rings (SSSR count). The molecule has 31 heavy (non-hydrogen) atoms. The molecular formula is C21H18F3NO5S. The van der Waals surface area contributed by atoms with E-state index in [2.05, 4.69) is 4.98 Å². The van der Waals surface area contributed by atoms with Gasteiger partial charge in [0, 0.05) is 23.3 Å². The molecule has 0 saturated heterocycles. The Hall–Kier alpha value is -3.14. The highest BCUT2D eigenvalue weighted by atomic mass is 32.2. The van der Waals surface area contributed by atoms with Crippen molar-refractivity contribution in [2.75, 3.05) is 12.9 Å². The van der Waals surface area contributed by atoms with Crippen LogP contribution in [0.1, 0.15) is 28.4 Å². The number of benzene rings is 2. The zero-order valence-corrected chi connectivity index (χ0v) is 17.6. The summed E-state index contributed by atoms with van der Waals surface area (Å²) in [5.41, 5.74) is -0.496. The van der Waals surface area contributed by atoms with E-state index in [0.29, 0.717) is 0 Å². The van der Waals surface area contributed by atoms with Crippen LogP contribution in [0.3, 0.4) is 0 Å². The van der Waals surface area contributed by atoms with E-state index in [9.17, 15) is 31.5 Å². The molecule has 2 aromatic carbocycles. The van der Waals surface area contributed by atoms with Gasteiger partial charge >= 0.3 is 12.1 Å². The number of ether oxygens (including phenoxy) is 1. The van der Waals surface area contributed by atoms with Crippen LogP contribution in [0.4, 0.5) is 13.2 Å². The molecule has 0 saturated carbocycles. The second-order valence-electron chi connectivity index (χ2n) is 6.87. The highest BCUT2D eigenvalue weighted by Crippen LogP contribution is 2.37. The summed E-state index contributed by atoms with van der Waals surface area (Å²) < 4.78 is 68.6. The predicted molar refractivity (Wildman–Crippen MR) is 108 cm³/mol. The zero-order valence-electron chi connectivity index (χ0n) is 16.7. The molecule has 0 bridgehead atoms. The predicted octanol–water partition coefficient (Wildman–Crippen LogP) is 4.51. The zero-order chi connectivity index (χ0) is 23.1. The van der Waals surface area contributed by atoms with Gasteiger partial charge in [-0.1, -0.05) is 12.1 Å². The number of phenolic OH excluding ortho intramolecular Hbond substituents is 1. The van der Waals surface area contributed by atoms with Crippen molar-refractivity contribution in [3.8, 4) is 17.0 Å². The van der Waals surface area contributed by atoms with Crippen LogP contribution < -0.4 is 0 Å². The molecule has 3 aromatic rings. The largest absolute Gasteiger partial charge is 0.507 e. The van der Waals surface area contributed by atoms with E-state index in [1.54, 1.807) is 6.92 Å². The third-order valence-electron chi connectivity index (χ3n) is 4.65. The number of rotatable bonds is 4. The summed E-state index contributed by atoms with van der Waals surface area (Å²) in [5, 5.41) is 10.3. The quantitative estimate of drug-likeness (QED) is 0.584. The van der Waals surface area contributed by atoms with Crippen LogP contribution in [0, 0.1) is 6.92 Å². The van der Waals surface area contributed by atoms with Crippen molar-refractivity contribution in [1.82, 2.24) is 4.98 Å². The number of halogens is 3. The summed E-state index contributed by atoms with van der Waals surface area (Å²) in [6.45, 7) is 3.09. The molecule has 0 amide bonds. The topological polar surface area (TPSA) is 93.6 Å². The fourth-order valence-electron chi connectivity index (χ4n) is 3.26. The highest BCUT2D eigenvalue weighted by molar-refractivity contribution is 7.90. The van der Waals surface area contributed by atoms with Crippen molar-refractivity contribution < 1.29 is 36.2 Å². The molecule has 0 aliphatic heterocycles. The normalized spacial score (nSPS) is 12.2. The molecule has 1 aromatic heterocycles. The van der Waals surface area contributed by atoms with Gasteiger partial charge in [-0.05, 0) is 37.6 Å². The van der Waals surface area contributed by atoms with Gasteiger partial charge in [0.15, 0.2) is 9.84 Å². The summed E-state index contributed by atoms with van der Waals surface area (Å²) in [6, 6.07) is 6.62. The number of hydrogen-bond acceptors (Lipinski definition) is 6. The van der Waals surface area contributed by atoms with Crippen LogP contribution in [0.15, 0.2) is 41.3 Å². The molecule has 0 unspecified atom stereocenters. The summed E-state index contributed by atoms with van der Waals surface area (Å²) in [4.78, 5) is 16.6. The number of pyridine rings is 1. The molecular weight excluding hydrogens is 435 g/mol. The van der Waals surface area contributed by atoms with E-state index < -0.39 is 38.2 Å². The fraction of sp³-hybridized carbons (Fsp3) is 0.238. The molecule has 164 valence electrons. The van der Waals surface area contributed by atoms with Crippen molar-refractivity contribution in [2.45, 2.75) is 24.9 Å². The lowest BCUT2D eigenvalue weighted by Gasteiger charge is -2.16. The van der Waals surface area contributed by atoms with Crippen molar-refractivity contribution in [3.63, 3.8) is 0 Å². The average Bonchev–Trinajstić information content (AvgIpc) is 2.66. The van der Waals surface area contributed by atoms with Crippen molar-refractivity contribution in [1.29, 1.82) is 0 Å². The van der Waals surface area contributed by atoms with Gasteiger partial charge in [0.2, 0.25) is 0 Å². The van der Waals surface area contributed by atoms with E-state index in [1.165, 1.54) is 19.1 Å². The Morgan fingerprint density at radius 3 is 2.45 bits per heavy atom. The van der Waals surface area contributed by atoms with Crippen LogP contribution in [-0.4, -0.2) is 37.3 Å². The van der Waals surface area contributed by atoms with E-state index >= 15 is 0 Å². The fourth-order valence-corrected chi connectivity index (χ4v) is 4.03. The van der Waals surface area contributed by atoms with Crippen molar-refractivity contribution in [3.05, 3.63) is 53.1 Å². The van der Waals surface area contributed by atoms with E-state index in [0.717, 1.165) is 30.5 Å².